The third kappa shape index (κ3) is 2.84. The first-order chi connectivity index (χ1) is 9.12. The van der Waals surface area contributed by atoms with E-state index >= 15 is 0 Å². The molecular formula is C12H20O6Si. The molecular weight excluding hydrogens is 268 g/mol. The van der Waals surface area contributed by atoms with Crippen LogP contribution in [0.1, 0.15) is 0 Å². The van der Waals surface area contributed by atoms with Crippen molar-refractivity contribution in [2.24, 2.45) is 0 Å². The summed E-state index contributed by atoms with van der Waals surface area (Å²) in [5.41, 5.74) is 0. The van der Waals surface area contributed by atoms with Crippen LogP contribution in [0.4, 0.5) is 0 Å². The molecule has 108 valence electrons. The SMILES string of the molecule is COc1cc(OC)c(OC)c([Si](OC)(OC)OC)c1. The molecule has 0 aromatic heterocycles. The summed E-state index contributed by atoms with van der Waals surface area (Å²) in [4.78, 5) is 0. The summed E-state index contributed by atoms with van der Waals surface area (Å²) in [6.45, 7) is 0. The molecule has 0 radical (unpaired) electrons. The van der Waals surface area contributed by atoms with Gasteiger partial charge in [0, 0.05) is 27.4 Å². The zero-order chi connectivity index (χ0) is 14.5. The van der Waals surface area contributed by atoms with Gasteiger partial charge in [-0.05, 0) is 6.07 Å². The lowest BCUT2D eigenvalue weighted by molar-refractivity contribution is 0.139. The Bertz CT molecular complexity index is 411. The molecule has 0 fully saturated rings. The van der Waals surface area contributed by atoms with Crippen molar-refractivity contribution in [3.8, 4) is 17.2 Å². The van der Waals surface area contributed by atoms with Crippen LogP contribution in [0, 0.1) is 0 Å². The zero-order valence-corrected chi connectivity index (χ0v) is 13.1. The Balaban J connectivity index is 3.54. The van der Waals surface area contributed by atoms with Gasteiger partial charge < -0.3 is 27.5 Å². The Morgan fingerprint density at radius 3 is 1.68 bits per heavy atom. The van der Waals surface area contributed by atoms with Crippen molar-refractivity contribution in [2.45, 2.75) is 0 Å². The molecule has 0 atom stereocenters. The second-order valence-electron chi connectivity index (χ2n) is 3.58. The number of methoxy groups -OCH3 is 3. The van der Waals surface area contributed by atoms with E-state index < -0.39 is 8.80 Å². The van der Waals surface area contributed by atoms with Crippen LogP contribution in [0.2, 0.25) is 0 Å². The zero-order valence-electron chi connectivity index (χ0n) is 12.1. The van der Waals surface area contributed by atoms with E-state index in [2.05, 4.69) is 0 Å². The van der Waals surface area contributed by atoms with Crippen LogP contribution in [-0.2, 0) is 13.3 Å². The van der Waals surface area contributed by atoms with Gasteiger partial charge in [-0.2, -0.15) is 0 Å². The second-order valence-corrected chi connectivity index (χ2v) is 6.45. The standard InChI is InChI=1S/C12H20O6Si/c1-13-9-7-10(14-2)12(15-3)11(8-9)19(16-4,17-5)18-6/h7-8H,1-6H3. The van der Waals surface area contributed by atoms with Gasteiger partial charge in [-0.1, -0.05) is 0 Å². The minimum atomic E-state index is -3.04. The fourth-order valence-corrected chi connectivity index (χ4v) is 3.85. The van der Waals surface area contributed by atoms with Crippen LogP contribution in [0.25, 0.3) is 0 Å². The van der Waals surface area contributed by atoms with Crippen LogP contribution in [0.5, 0.6) is 17.2 Å². The highest BCUT2D eigenvalue weighted by Crippen LogP contribution is 2.32. The second kappa shape index (κ2) is 6.76. The predicted molar refractivity (Wildman–Crippen MR) is 72.5 cm³/mol. The normalized spacial score (nSPS) is 11.3. The van der Waals surface area contributed by atoms with Gasteiger partial charge in [0.15, 0.2) is 11.5 Å². The van der Waals surface area contributed by atoms with Gasteiger partial charge in [0.2, 0.25) is 0 Å². The van der Waals surface area contributed by atoms with Crippen molar-refractivity contribution in [1.29, 1.82) is 0 Å². The van der Waals surface area contributed by atoms with Crippen molar-refractivity contribution < 1.29 is 27.5 Å². The molecule has 0 aliphatic heterocycles. The third-order valence-corrected chi connectivity index (χ3v) is 5.47. The van der Waals surface area contributed by atoms with E-state index in [-0.39, 0.29) is 0 Å². The van der Waals surface area contributed by atoms with E-state index in [0.29, 0.717) is 22.4 Å². The molecule has 0 unspecified atom stereocenters. The van der Waals surface area contributed by atoms with Gasteiger partial charge in [-0.25, -0.2) is 0 Å². The lowest BCUT2D eigenvalue weighted by Gasteiger charge is -2.27. The van der Waals surface area contributed by atoms with Gasteiger partial charge in [-0.3, -0.25) is 0 Å². The summed E-state index contributed by atoms with van der Waals surface area (Å²) in [7, 11) is 6.23. The van der Waals surface area contributed by atoms with E-state index in [1.54, 1.807) is 33.5 Å². The van der Waals surface area contributed by atoms with Crippen LogP contribution in [0.15, 0.2) is 12.1 Å². The maximum atomic E-state index is 5.47. The fraction of sp³-hybridized carbons (Fsp3) is 0.500. The Labute approximate surface area is 114 Å². The molecule has 0 heterocycles. The van der Waals surface area contributed by atoms with Crippen molar-refractivity contribution in [3.05, 3.63) is 12.1 Å². The molecule has 0 aliphatic rings. The summed E-state index contributed by atoms with van der Waals surface area (Å²) in [5.74, 6) is 1.65. The number of rotatable bonds is 7. The molecule has 0 N–H and O–H groups in total. The Morgan fingerprint density at radius 2 is 1.32 bits per heavy atom. The van der Waals surface area contributed by atoms with Gasteiger partial charge >= 0.3 is 8.80 Å². The summed E-state index contributed by atoms with van der Waals surface area (Å²) >= 11 is 0. The molecule has 7 heteroatoms. The number of benzene rings is 1. The first-order valence-corrected chi connectivity index (χ1v) is 7.30. The molecule has 1 rings (SSSR count). The molecule has 19 heavy (non-hydrogen) atoms. The average molecular weight is 288 g/mol. The molecule has 0 aliphatic carbocycles. The smallest absolute Gasteiger partial charge is 0.497 e. The lowest BCUT2D eigenvalue weighted by atomic mass is 10.3. The Morgan fingerprint density at radius 1 is 0.737 bits per heavy atom. The highest BCUT2D eigenvalue weighted by molar-refractivity contribution is 6.76. The van der Waals surface area contributed by atoms with Crippen LogP contribution >= 0.6 is 0 Å². The maximum absolute atomic E-state index is 5.47. The molecule has 1 aromatic rings. The summed E-state index contributed by atoms with van der Waals surface area (Å²) in [5, 5.41) is 0.652. The molecule has 1 aromatic carbocycles. The van der Waals surface area contributed by atoms with Crippen LogP contribution in [0.3, 0.4) is 0 Å². The first kappa shape index (κ1) is 15.8. The van der Waals surface area contributed by atoms with E-state index in [1.165, 1.54) is 21.3 Å². The minimum absolute atomic E-state index is 0.514. The molecule has 0 spiro atoms. The Kier molecular flexibility index (Phi) is 5.61. The Hall–Kier alpha value is -1.28. The summed E-state index contributed by atoms with van der Waals surface area (Å²) < 4.78 is 32.3. The number of ether oxygens (including phenoxy) is 3. The largest absolute Gasteiger partial charge is 0.540 e. The molecule has 6 nitrogen and oxygen atoms in total. The van der Waals surface area contributed by atoms with Crippen molar-refractivity contribution in [1.82, 2.24) is 0 Å². The number of hydrogen-bond acceptors (Lipinski definition) is 6. The summed E-state index contributed by atoms with van der Waals surface area (Å²) in [6.07, 6.45) is 0. The number of hydrogen-bond donors (Lipinski definition) is 0. The van der Waals surface area contributed by atoms with Crippen molar-refractivity contribution in [3.63, 3.8) is 0 Å². The van der Waals surface area contributed by atoms with Gasteiger partial charge in [0.1, 0.15) is 5.75 Å². The maximum Gasteiger partial charge on any atom is 0.540 e. The molecule has 0 bridgehead atoms. The highest BCUT2D eigenvalue weighted by Gasteiger charge is 2.45. The monoisotopic (exact) mass is 288 g/mol. The lowest BCUT2D eigenvalue weighted by Crippen LogP contribution is -2.55. The van der Waals surface area contributed by atoms with Gasteiger partial charge in [0.25, 0.3) is 0 Å². The predicted octanol–water partition coefficient (Wildman–Crippen LogP) is 0.797. The topological polar surface area (TPSA) is 55.4 Å². The van der Waals surface area contributed by atoms with E-state index in [9.17, 15) is 0 Å². The van der Waals surface area contributed by atoms with Crippen LogP contribution in [-0.4, -0.2) is 51.5 Å². The molecule has 0 saturated carbocycles. The van der Waals surface area contributed by atoms with Gasteiger partial charge in [0.05, 0.1) is 26.5 Å². The van der Waals surface area contributed by atoms with Gasteiger partial charge in [-0.15, -0.1) is 0 Å². The minimum Gasteiger partial charge on any atom is -0.497 e. The van der Waals surface area contributed by atoms with E-state index in [1.807, 2.05) is 0 Å². The fourth-order valence-electron chi connectivity index (χ4n) is 1.86. The summed E-state index contributed by atoms with van der Waals surface area (Å²) in [6, 6.07) is 3.49. The van der Waals surface area contributed by atoms with Crippen molar-refractivity contribution in [2.75, 3.05) is 42.7 Å². The van der Waals surface area contributed by atoms with Crippen molar-refractivity contribution >= 4 is 14.0 Å². The van der Waals surface area contributed by atoms with E-state index in [0.717, 1.165) is 0 Å². The first-order valence-electron chi connectivity index (χ1n) is 5.58. The molecule has 0 saturated heterocycles. The molecule has 0 amide bonds. The quantitative estimate of drug-likeness (QED) is 0.692. The van der Waals surface area contributed by atoms with Crippen LogP contribution < -0.4 is 19.4 Å². The van der Waals surface area contributed by atoms with E-state index in [4.69, 9.17) is 27.5 Å². The average Bonchev–Trinajstić information content (AvgIpc) is 2.48. The highest BCUT2D eigenvalue weighted by atomic mass is 28.4. The third-order valence-electron chi connectivity index (χ3n) is 2.82.